The first-order valence-electron chi connectivity index (χ1n) is 6.14. The molecule has 3 aromatic heterocycles. The summed E-state index contributed by atoms with van der Waals surface area (Å²) in [7, 11) is 0. The van der Waals surface area contributed by atoms with Crippen LogP contribution in [-0.4, -0.2) is 15.9 Å². The van der Waals surface area contributed by atoms with Crippen molar-refractivity contribution in [1.29, 1.82) is 0 Å². The lowest BCUT2D eigenvalue weighted by molar-refractivity contribution is 0.103. The standard InChI is InChI=1S/C14H11ClN4OS/c1-7-4-5-8-10(16)11(21-14(8)18-7)13(20)19-9-3-2-6-17-12(9)15/h2-6H,16H2,1H3,(H,19,20). The molecule has 5 nitrogen and oxygen atoms in total. The van der Waals surface area contributed by atoms with Crippen LogP contribution in [0, 0.1) is 6.92 Å². The molecule has 0 atom stereocenters. The highest BCUT2D eigenvalue weighted by atomic mass is 35.5. The molecule has 1 amide bonds. The number of amides is 1. The van der Waals surface area contributed by atoms with Crippen LogP contribution in [0.3, 0.4) is 0 Å². The second kappa shape index (κ2) is 5.31. The molecule has 21 heavy (non-hydrogen) atoms. The van der Waals surface area contributed by atoms with Crippen LogP contribution in [0.2, 0.25) is 5.15 Å². The molecule has 0 saturated heterocycles. The van der Waals surface area contributed by atoms with E-state index in [2.05, 4.69) is 15.3 Å². The van der Waals surface area contributed by atoms with E-state index < -0.39 is 0 Å². The van der Waals surface area contributed by atoms with Crippen LogP contribution in [0.1, 0.15) is 15.4 Å². The Morgan fingerprint density at radius 3 is 2.95 bits per heavy atom. The third kappa shape index (κ3) is 2.55. The summed E-state index contributed by atoms with van der Waals surface area (Å²) < 4.78 is 0. The minimum Gasteiger partial charge on any atom is -0.397 e. The number of aryl methyl sites for hydroxylation is 1. The van der Waals surface area contributed by atoms with Gasteiger partial charge < -0.3 is 11.1 Å². The predicted octanol–water partition coefficient (Wildman–Crippen LogP) is 3.49. The van der Waals surface area contributed by atoms with Gasteiger partial charge in [0.1, 0.15) is 9.71 Å². The number of nitrogens with two attached hydrogens (primary N) is 1. The minimum absolute atomic E-state index is 0.236. The number of nitrogen functional groups attached to an aromatic ring is 1. The van der Waals surface area contributed by atoms with Gasteiger partial charge >= 0.3 is 0 Å². The summed E-state index contributed by atoms with van der Waals surface area (Å²) >= 11 is 7.19. The van der Waals surface area contributed by atoms with Crippen molar-refractivity contribution in [3.8, 4) is 0 Å². The third-order valence-corrected chi connectivity index (χ3v) is 4.36. The topological polar surface area (TPSA) is 80.9 Å². The quantitative estimate of drug-likeness (QED) is 0.709. The average Bonchev–Trinajstić information content (AvgIpc) is 2.78. The molecule has 0 aliphatic rings. The van der Waals surface area contributed by atoms with Gasteiger partial charge in [-0.2, -0.15) is 0 Å². The Bertz CT molecular complexity index is 846. The number of fused-ring (bicyclic) bond motifs is 1. The summed E-state index contributed by atoms with van der Waals surface area (Å²) in [5.74, 6) is -0.317. The van der Waals surface area contributed by atoms with E-state index in [0.717, 1.165) is 15.9 Å². The van der Waals surface area contributed by atoms with Crippen molar-refractivity contribution in [3.05, 3.63) is 46.2 Å². The second-order valence-electron chi connectivity index (χ2n) is 4.45. The number of nitrogens with zero attached hydrogens (tertiary/aromatic N) is 2. The lowest BCUT2D eigenvalue weighted by atomic mass is 10.2. The Morgan fingerprint density at radius 2 is 2.19 bits per heavy atom. The second-order valence-corrected chi connectivity index (χ2v) is 5.80. The monoisotopic (exact) mass is 318 g/mol. The van der Waals surface area contributed by atoms with Gasteiger partial charge in [-0.15, -0.1) is 11.3 Å². The first-order valence-corrected chi connectivity index (χ1v) is 7.33. The van der Waals surface area contributed by atoms with Gasteiger partial charge in [-0.25, -0.2) is 9.97 Å². The van der Waals surface area contributed by atoms with Gasteiger partial charge in [0.15, 0.2) is 5.15 Å². The summed E-state index contributed by atoms with van der Waals surface area (Å²) in [5.41, 5.74) is 7.80. The molecule has 0 aliphatic carbocycles. The maximum absolute atomic E-state index is 12.3. The molecule has 3 rings (SSSR count). The Morgan fingerprint density at radius 1 is 1.38 bits per heavy atom. The molecular weight excluding hydrogens is 308 g/mol. The number of carbonyl (C=O) groups is 1. The molecule has 0 aliphatic heterocycles. The molecule has 3 aromatic rings. The van der Waals surface area contributed by atoms with Crippen LogP contribution < -0.4 is 11.1 Å². The van der Waals surface area contributed by atoms with Crippen LogP contribution in [0.4, 0.5) is 11.4 Å². The molecular formula is C14H11ClN4OS. The number of rotatable bonds is 2. The number of aromatic nitrogens is 2. The van der Waals surface area contributed by atoms with Crippen molar-refractivity contribution in [2.24, 2.45) is 0 Å². The van der Waals surface area contributed by atoms with Crippen molar-refractivity contribution < 1.29 is 4.79 Å². The lowest BCUT2D eigenvalue weighted by Gasteiger charge is -2.05. The molecule has 3 heterocycles. The highest BCUT2D eigenvalue weighted by molar-refractivity contribution is 7.21. The van der Waals surface area contributed by atoms with Gasteiger partial charge in [0.25, 0.3) is 5.91 Å². The fourth-order valence-electron chi connectivity index (χ4n) is 1.92. The molecule has 0 fully saturated rings. The van der Waals surface area contributed by atoms with E-state index in [1.54, 1.807) is 18.3 Å². The van der Waals surface area contributed by atoms with Gasteiger partial charge in [0.2, 0.25) is 0 Å². The summed E-state index contributed by atoms with van der Waals surface area (Å²) in [6, 6.07) is 7.11. The number of hydrogen-bond donors (Lipinski definition) is 2. The fourth-order valence-corrected chi connectivity index (χ4v) is 3.12. The molecule has 0 aromatic carbocycles. The predicted molar refractivity (Wildman–Crippen MR) is 86.0 cm³/mol. The summed E-state index contributed by atoms with van der Waals surface area (Å²) in [4.78, 5) is 21.8. The van der Waals surface area contributed by atoms with E-state index in [1.807, 2.05) is 19.1 Å². The third-order valence-electron chi connectivity index (χ3n) is 2.95. The zero-order chi connectivity index (χ0) is 15.0. The zero-order valence-corrected chi connectivity index (χ0v) is 12.6. The molecule has 0 saturated carbocycles. The van der Waals surface area contributed by atoms with E-state index >= 15 is 0 Å². The minimum atomic E-state index is -0.317. The number of hydrogen-bond acceptors (Lipinski definition) is 5. The molecule has 0 bridgehead atoms. The number of pyridine rings is 2. The fraction of sp³-hybridized carbons (Fsp3) is 0.0714. The van der Waals surface area contributed by atoms with Crippen LogP contribution >= 0.6 is 22.9 Å². The van der Waals surface area contributed by atoms with Gasteiger partial charge in [-0.1, -0.05) is 11.6 Å². The number of carbonyl (C=O) groups excluding carboxylic acids is 1. The summed E-state index contributed by atoms with van der Waals surface area (Å²) in [6.07, 6.45) is 1.55. The van der Waals surface area contributed by atoms with Gasteiger partial charge in [-0.3, -0.25) is 4.79 Å². The Balaban J connectivity index is 1.98. The van der Waals surface area contributed by atoms with E-state index in [9.17, 15) is 4.79 Å². The molecule has 0 unspecified atom stereocenters. The van der Waals surface area contributed by atoms with Crippen LogP contribution in [-0.2, 0) is 0 Å². The molecule has 106 valence electrons. The number of halogens is 1. The molecule has 7 heteroatoms. The highest BCUT2D eigenvalue weighted by Crippen LogP contribution is 2.33. The normalized spacial score (nSPS) is 10.8. The summed E-state index contributed by atoms with van der Waals surface area (Å²) in [6.45, 7) is 1.89. The number of anilines is 2. The number of thiophene rings is 1. The van der Waals surface area contributed by atoms with E-state index in [0.29, 0.717) is 16.3 Å². The van der Waals surface area contributed by atoms with Crippen molar-refractivity contribution >= 4 is 50.4 Å². The van der Waals surface area contributed by atoms with Crippen LogP contribution in [0.15, 0.2) is 30.5 Å². The smallest absolute Gasteiger partial charge is 0.268 e. The van der Waals surface area contributed by atoms with Crippen LogP contribution in [0.5, 0.6) is 0 Å². The van der Waals surface area contributed by atoms with E-state index in [-0.39, 0.29) is 11.1 Å². The Kier molecular flexibility index (Phi) is 3.48. The summed E-state index contributed by atoms with van der Waals surface area (Å²) in [5, 5.41) is 3.73. The van der Waals surface area contributed by atoms with Crippen molar-refractivity contribution in [3.63, 3.8) is 0 Å². The largest absolute Gasteiger partial charge is 0.397 e. The van der Waals surface area contributed by atoms with Gasteiger partial charge in [-0.05, 0) is 31.2 Å². The average molecular weight is 319 g/mol. The number of nitrogens with one attached hydrogen (secondary N) is 1. The van der Waals surface area contributed by atoms with Crippen molar-refractivity contribution in [1.82, 2.24) is 9.97 Å². The van der Waals surface area contributed by atoms with Crippen LogP contribution in [0.25, 0.3) is 10.2 Å². The maximum Gasteiger partial charge on any atom is 0.268 e. The Labute approximate surface area is 129 Å². The van der Waals surface area contributed by atoms with E-state index in [4.69, 9.17) is 17.3 Å². The SMILES string of the molecule is Cc1ccc2c(N)c(C(=O)Nc3cccnc3Cl)sc2n1. The first-order chi connectivity index (χ1) is 10.1. The van der Waals surface area contributed by atoms with Crippen molar-refractivity contribution in [2.45, 2.75) is 6.92 Å². The van der Waals surface area contributed by atoms with Gasteiger partial charge in [0.05, 0.1) is 11.4 Å². The lowest BCUT2D eigenvalue weighted by Crippen LogP contribution is -2.12. The first kappa shape index (κ1) is 13.8. The van der Waals surface area contributed by atoms with Gasteiger partial charge in [0, 0.05) is 17.3 Å². The van der Waals surface area contributed by atoms with E-state index in [1.165, 1.54) is 11.3 Å². The maximum atomic E-state index is 12.3. The highest BCUT2D eigenvalue weighted by Gasteiger charge is 2.18. The molecule has 0 spiro atoms. The molecule has 0 radical (unpaired) electrons. The Hall–Kier alpha value is -2.18. The van der Waals surface area contributed by atoms with Crippen molar-refractivity contribution in [2.75, 3.05) is 11.1 Å². The molecule has 3 N–H and O–H groups in total. The zero-order valence-electron chi connectivity index (χ0n) is 11.1.